The molecule has 4 atom stereocenters. The van der Waals surface area contributed by atoms with Gasteiger partial charge in [0.2, 0.25) is 0 Å². The molecule has 1 aliphatic carbocycles. The van der Waals surface area contributed by atoms with Crippen molar-refractivity contribution in [1.82, 2.24) is 10.2 Å². The molecule has 0 radical (unpaired) electrons. The van der Waals surface area contributed by atoms with Crippen molar-refractivity contribution in [2.24, 2.45) is 11.8 Å². The Hall–Kier alpha value is -0.120. The number of fused-ring (bicyclic) bond motifs is 1. The maximum atomic E-state index is 9.87. The number of likely N-dealkylation sites (tertiary alicyclic amines) is 1. The molecular weight excluding hydrogens is 188 g/mol. The normalized spacial score (nSPS) is 47.0. The minimum absolute atomic E-state index is 0.00319. The van der Waals surface area contributed by atoms with E-state index in [0.717, 1.165) is 31.5 Å². The molecule has 3 heteroatoms. The summed E-state index contributed by atoms with van der Waals surface area (Å²) >= 11 is 0. The molecule has 2 heterocycles. The number of aliphatic hydroxyl groups is 1. The highest BCUT2D eigenvalue weighted by Crippen LogP contribution is 2.39. The van der Waals surface area contributed by atoms with Crippen LogP contribution >= 0.6 is 0 Å². The topological polar surface area (TPSA) is 35.5 Å². The summed E-state index contributed by atoms with van der Waals surface area (Å²) < 4.78 is 0. The molecule has 3 rings (SSSR count). The number of rotatable bonds is 1. The molecule has 2 N–H and O–H groups in total. The van der Waals surface area contributed by atoms with Crippen molar-refractivity contribution >= 4 is 0 Å². The number of nitrogens with zero attached hydrogens (tertiary/aromatic N) is 1. The van der Waals surface area contributed by atoms with Gasteiger partial charge in [0.1, 0.15) is 0 Å². The van der Waals surface area contributed by atoms with E-state index in [0.29, 0.717) is 5.92 Å². The summed E-state index contributed by atoms with van der Waals surface area (Å²) in [6.07, 6.45) is 4.97. The average molecular weight is 210 g/mol. The van der Waals surface area contributed by atoms with Gasteiger partial charge < -0.3 is 10.4 Å². The van der Waals surface area contributed by atoms with E-state index >= 15 is 0 Å². The second-order valence-corrected chi connectivity index (χ2v) is 5.52. The fourth-order valence-corrected chi connectivity index (χ4v) is 3.71. The van der Waals surface area contributed by atoms with E-state index in [9.17, 15) is 5.11 Å². The summed E-state index contributed by atoms with van der Waals surface area (Å²) in [5, 5.41) is 13.4. The number of aliphatic hydroxyl groups excluding tert-OH is 1. The van der Waals surface area contributed by atoms with Gasteiger partial charge in [-0.05, 0) is 38.1 Å². The first kappa shape index (κ1) is 10.1. The highest BCUT2D eigenvalue weighted by atomic mass is 16.3. The molecule has 3 aliphatic rings. The molecule has 0 aromatic heterocycles. The van der Waals surface area contributed by atoms with Crippen LogP contribution in [0.4, 0.5) is 0 Å². The van der Waals surface area contributed by atoms with E-state index in [4.69, 9.17) is 0 Å². The van der Waals surface area contributed by atoms with Crippen molar-refractivity contribution in [2.75, 3.05) is 26.2 Å². The largest absolute Gasteiger partial charge is 0.393 e. The van der Waals surface area contributed by atoms with Crippen LogP contribution in [-0.2, 0) is 0 Å². The molecule has 3 fully saturated rings. The molecule has 4 unspecified atom stereocenters. The number of nitrogens with one attached hydrogen (secondary N) is 1. The lowest BCUT2D eigenvalue weighted by Gasteiger charge is -2.32. The zero-order valence-corrected chi connectivity index (χ0v) is 9.36. The van der Waals surface area contributed by atoms with Gasteiger partial charge in [-0.2, -0.15) is 0 Å². The molecule has 0 amide bonds. The van der Waals surface area contributed by atoms with Gasteiger partial charge in [-0.3, -0.25) is 4.90 Å². The number of piperidine rings is 1. The van der Waals surface area contributed by atoms with Gasteiger partial charge in [0, 0.05) is 31.6 Å². The molecule has 86 valence electrons. The van der Waals surface area contributed by atoms with Crippen LogP contribution in [0.5, 0.6) is 0 Å². The smallest absolute Gasteiger partial charge is 0.0583 e. The van der Waals surface area contributed by atoms with Crippen LogP contribution in [0.15, 0.2) is 0 Å². The van der Waals surface area contributed by atoms with Gasteiger partial charge in [0.25, 0.3) is 0 Å². The first-order valence-electron chi connectivity index (χ1n) is 6.47. The van der Waals surface area contributed by atoms with Crippen molar-refractivity contribution in [3.05, 3.63) is 0 Å². The van der Waals surface area contributed by atoms with Gasteiger partial charge in [0.05, 0.1) is 6.10 Å². The Kier molecular flexibility index (Phi) is 2.71. The molecular formula is C12H22N2O. The molecule has 0 aromatic rings. The van der Waals surface area contributed by atoms with Gasteiger partial charge in [-0.25, -0.2) is 0 Å². The van der Waals surface area contributed by atoms with Crippen LogP contribution in [-0.4, -0.2) is 48.3 Å². The molecule has 2 aliphatic heterocycles. The second-order valence-electron chi connectivity index (χ2n) is 5.52. The van der Waals surface area contributed by atoms with E-state index in [1.807, 2.05) is 0 Å². The third kappa shape index (κ3) is 1.81. The Bertz CT molecular complexity index is 228. The third-order valence-corrected chi connectivity index (χ3v) is 4.63. The summed E-state index contributed by atoms with van der Waals surface area (Å²) in [6, 6.07) is 0.747. The predicted octanol–water partition coefficient (Wildman–Crippen LogP) is 0.441. The Morgan fingerprint density at radius 1 is 1.13 bits per heavy atom. The van der Waals surface area contributed by atoms with Crippen LogP contribution < -0.4 is 5.32 Å². The molecule has 2 saturated heterocycles. The summed E-state index contributed by atoms with van der Waals surface area (Å²) in [4.78, 5) is 2.63. The van der Waals surface area contributed by atoms with Crippen molar-refractivity contribution in [1.29, 1.82) is 0 Å². The summed E-state index contributed by atoms with van der Waals surface area (Å²) in [5.41, 5.74) is 0. The van der Waals surface area contributed by atoms with Crippen LogP contribution in [0.1, 0.15) is 25.7 Å². The second kappa shape index (κ2) is 4.04. The quantitative estimate of drug-likeness (QED) is 0.659. The van der Waals surface area contributed by atoms with E-state index in [1.165, 1.54) is 32.4 Å². The predicted molar refractivity (Wildman–Crippen MR) is 59.7 cm³/mol. The van der Waals surface area contributed by atoms with E-state index in [-0.39, 0.29) is 6.10 Å². The minimum atomic E-state index is -0.00319. The summed E-state index contributed by atoms with van der Waals surface area (Å²) in [5.74, 6) is 1.38. The summed E-state index contributed by atoms with van der Waals surface area (Å²) in [6.45, 7) is 4.75. The zero-order valence-electron chi connectivity index (χ0n) is 9.36. The minimum Gasteiger partial charge on any atom is -0.393 e. The molecule has 1 saturated carbocycles. The van der Waals surface area contributed by atoms with Crippen LogP contribution in [0, 0.1) is 11.8 Å². The van der Waals surface area contributed by atoms with Crippen molar-refractivity contribution in [3.8, 4) is 0 Å². The maximum Gasteiger partial charge on any atom is 0.0583 e. The fraction of sp³-hybridized carbons (Fsp3) is 1.00. The molecule has 0 spiro atoms. The lowest BCUT2D eigenvalue weighted by Crippen LogP contribution is -2.45. The zero-order chi connectivity index (χ0) is 10.3. The number of hydrogen-bond donors (Lipinski definition) is 2. The standard InChI is InChI=1S/C12H22N2O/c15-12-4-3-9-7-14(8-11(9)12)10-2-1-5-13-6-10/h9-13,15H,1-8H2. The van der Waals surface area contributed by atoms with Gasteiger partial charge >= 0.3 is 0 Å². The average Bonchev–Trinajstić information content (AvgIpc) is 2.83. The molecule has 0 bridgehead atoms. The van der Waals surface area contributed by atoms with Gasteiger partial charge in [-0.1, -0.05) is 0 Å². The lowest BCUT2D eigenvalue weighted by molar-refractivity contribution is 0.114. The van der Waals surface area contributed by atoms with E-state index in [1.54, 1.807) is 0 Å². The molecule has 0 aromatic carbocycles. The van der Waals surface area contributed by atoms with E-state index < -0.39 is 0 Å². The maximum absolute atomic E-state index is 9.87. The first-order valence-corrected chi connectivity index (χ1v) is 6.47. The molecule has 15 heavy (non-hydrogen) atoms. The third-order valence-electron chi connectivity index (χ3n) is 4.63. The number of hydrogen-bond acceptors (Lipinski definition) is 3. The Balaban J connectivity index is 1.61. The van der Waals surface area contributed by atoms with Crippen LogP contribution in [0.3, 0.4) is 0 Å². The van der Waals surface area contributed by atoms with Crippen molar-refractivity contribution < 1.29 is 5.11 Å². The highest BCUT2D eigenvalue weighted by molar-refractivity contribution is 4.96. The monoisotopic (exact) mass is 210 g/mol. The SMILES string of the molecule is OC1CCC2CN(C3CCCNC3)CC12. The van der Waals surface area contributed by atoms with Crippen LogP contribution in [0.2, 0.25) is 0 Å². The summed E-state index contributed by atoms with van der Waals surface area (Å²) in [7, 11) is 0. The highest BCUT2D eigenvalue weighted by Gasteiger charge is 2.43. The Morgan fingerprint density at radius 3 is 2.80 bits per heavy atom. The van der Waals surface area contributed by atoms with Gasteiger partial charge in [0.15, 0.2) is 0 Å². The van der Waals surface area contributed by atoms with Crippen LogP contribution in [0.25, 0.3) is 0 Å². The first-order chi connectivity index (χ1) is 7.34. The Labute approximate surface area is 91.8 Å². The fourth-order valence-electron chi connectivity index (χ4n) is 3.71. The van der Waals surface area contributed by atoms with Gasteiger partial charge in [-0.15, -0.1) is 0 Å². The van der Waals surface area contributed by atoms with E-state index in [2.05, 4.69) is 10.2 Å². The van der Waals surface area contributed by atoms with Crippen molar-refractivity contribution in [3.63, 3.8) is 0 Å². The molecule has 3 nitrogen and oxygen atoms in total. The Morgan fingerprint density at radius 2 is 2.07 bits per heavy atom. The lowest BCUT2D eigenvalue weighted by atomic mass is 10.00. The van der Waals surface area contributed by atoms with Crippen molar-refractivity contribution in [2.45, 2.75) is 37.8 Å².